The Labute approximate surface area is 140 Å². The Kier molecular flexibility index (Phi) is 3.62. The first-order valence-electron chi connectivity index (χ1n) is 7.11. The standard InChI is InChI=1S/C15H11N3O5S/c1-2-20-15(19)14-16-9(6-24-14)13-17-12(18-23-13)8-3-4-10-11(5-8)22-7-21-10/h3-6H,2,7H2,1H3. The predicted molar refractivity (Wildman–Crippen MR) is 82.9 cm³/mol. The van der Waals surface area contributed by atoms with Gasteiger partial charge in [-0.05, 0) is 25.1 Å². The van der Waals surface area contributed by atoms with Crippen LogP contribution in [0.5, 0.6) is 11.5 Å². The number of fused-ring (bicyclic) bond motifs is 1. The third kappa shape index (κ3) is 2.58. The van der Waals surface area contributed by atoms with Crippen LogP contribution in [0.1, 0.15) is 16.7 Å². The molecule has 0 spiro atoms. The molecule has 0 radical (unpaired) electrons. The maximum atomic E-state index is 11.7. The lowest BCUT2D eigenvalue weighted by atomic mass is 10.2. The van der Waals surface area contributed by atoms with E-state index < -0.39 is 5.97 Å². The van der Waals surface area contributed by atoms with Gasteiger partial charge in [-0.3, -0.25) is 0 Å². The van der Waals surface area contributed by atoms with Crippen molar-refractivity contribution in [2.75, 3.05) is 13.4 Å². The number of hydrogen-bond acceptors (Lipinski definition) is 9. The Hall–Kier alpha value is -2.94. The molecule has 3 aromatic rings. The van der Waals surface area contributed by atoms with Crippen LogP contribution in [0.15, 0.2) is 28.1 Å². The Morgan fingerprint density at radius 2 is 2.17 bits per heavy atom. The number of hydrogen-bond donors (Lipinski definition) is 0. The van der Waals surface area contributed by atoms with Gasteiger partial charge in [-0.2, -0.15) is 4.98 Å². The minimum Gasteiger partial charge on any atom is -0.461 e. The average Bonchev–Trinajstić information content (AvgIpc) is 3.33. The molecule has 0 saturated heterocycles. The molecular formula is C15H11N3O5S. The van der Waals surface area contributed by atoms with Gasteiger partial charge in [-0.15, -0.1) is 11.3 Å². The fourth-order valence-corrected chi connectivity index (χ4v) is 2.82. The lowest BCUT2D eigenvalue weighted by molar-refractivity contribution is 0.0526. The van der Waals surface area contributed by atoms with Gasteiger partial charge in [0.15, 0.2) is 11.5 Å². The Morgan fingerprint density at radius 1 is 1.29 bits per heavy atom. The van der Waals surface area contributed by atoms with E-state index in [1.807, 2.05) is 6.07 Å². The summed E-state index contributed by atoms with van der Waals surface area (Å²) in [6.07, 6.45) is 0. The number of carbonyl (C=O) groups excluding carboxylic acids is 1. The van der Waals surface area contributed by atoms with E-state index in [9.17, 15) is 4.79 Å². The summed E-state index contributed by atoms with van der Waals surface area (Å²) in [7, 11) is 0. The minimum absolute atomic E-state index is 0.200. The molecule has 0 atom stereocenters. The zero-order valence-electron chi connectivity index (χ0n) is 12.5. The van der Waals surface area contributed by atoms with E-state index in [0.717, 1.165) is 16.9 Å². The van der Waals surface area contributed by atoms with Crippen LogP contribution in [0, 0.1) is 0 Å². The second-order valence-corrected chi connectivity index (χ2v) is 5.61. The summed E-state index contributed by atoms with van der Waals surface area (Å²) in [4.78, 5) is 20.1. The van der Waals surface area contributed by atoms with Crippen LogP contribution >= 0.6 is 11.3 Å². The van der Waals surface area contributed by atoms with E-state index in [0.29, 0.717) is 29.6 Å². The van der Waals surface area contributed by atoms with Crippen molar-refractivity contribution in [3.05, 3.63) is 28.6 Å². The maximum absolute atomic E-state index is 11.7. The summed E-state index contributed by atoms with van der Waals surface area (Å²) in [5.41, 5.74) is 1.16. The maximum Gasteiger partial charge on any atom is 0.367 e. The highest BCUT2D eigenvalue weighted by molar-refractivity contribution is 7.11. The molecule has 0 N–H and O–H groups in total. The lowest BCUT2D eigenvalue weighted by Crippen LogP contribution is -2.03. The van der Waals surface area contributed by atoms with Gasteiger partial charge in [0, 0.05) is 10.9 Å². The molecule has 1 aromatic carbocycles. The van der Waals surface area contributed by atoms with Gasteiger partial charge < -0.3 is 18.7 Å². The topological polar surface area (TPSA) is 96.6 Å². The third-order valence-corrected chi connectivity index (χ3v) is 4.05. The second-order valence-electron chi connectivity index (χ2n) is 4.75. The molecule has 0 aliphatic carbocycles. The van der Waals surface area contributed by atoms with Crippen molar-refractivity contribution in [2.45, 2.75) is 6.92 Å². The molecule has 3 heterocycles. The van der Waals surface area contributed by atoms with Crippen molar-refractivity contribution >= 4 is 17.3 Å². The molecule has 9 heteroatoms. The largest absolute Gasteiger partial charge is 0.461 e. The van der Waals surface area contributed by atoms with Crippen molar-refractivity contribution in [1.29, 1.82) is 0 Å². The van der Waals surface area contributed by atoms with E-state index in [1.165, 1.54) is 0 Å². The molecular weight excluding hydrogens is 334 g/mol. The molecule has 1 aliphatic heterocycles. The van der Waals surface area contributed by atoms with Crippen molar-refractivity contribution in [1.82, 2.24) is 15.1 Å². The average molecular weight is 345 g/mol. The zero-order chi connectivity index (χ0) is 16.5. The molecule has 2 aromatic heterocycles. The fourth-order valence-electron chi connectivity index (χ4n) is 2.14. The molecule has 0 fully saturated rings. The van der Waals surface area contributed by atoms with Crippen molar-refractivity contribution in [3.8, 4) is 34.5 Å². The number of aromatic nitrogens is 3. The molecule has 1 aliphatic rings. The number of carbonyl (C=O) groups is 1. The Balaban J connectivity index is 1.60. The van der Waals surface area contributed by atoms with Crippen LogP contribution in [-0.2, 0) is 4.74 Å². The van der Waals surface area contributed by atoms with E-state index in [-0.39, 0.29) is 17.7 Å². The van der Waals surface area contributed by atoms with Gasteiger partial charge in [-0.25, -0.2) is 9.78 Å². The van der Waals surface area contributed by atoms with E-state index >= 15 is 0 Å². The Bertz CT molecular complexity index is 904. The smallest absolute Gasteiger partial charge is 0.367 e. The summed E-state index contributed by atoms with van der Waals surface area (Å²) < 4.78 is 20.8. The van der Waals surface area contributed by atoms with Crippen LogP contribution in [-0.4, -0.2) is 34.5 Å². The highest BCUT2D eigenvalue weighted by Crippen LogP contribution is 2.35. The summed E-state index contributed by atoms with van der Waals surface area (Å²) in [6.45, 7) is 2.23. The first-order chi connectivity index (χ1) is 11.7. The van der Waals surface area contributed by atoms with Gasteiger partial charge in [0.05, 0.1) is 6.61 Å². The number of esters is 1. The normalized spacial score (nSPS) is 12.4. The number of rotatable bonds is 4. The van der Waals surface area contributed by atoms with E-state index in [2.05, 4.69) is 15.1 Å². The number of thiazole rings is 1. The second kappa shape index (κ2) is 5.93. The molecule has 8 nitrogen and oxygen atoms in total. The summed E-state index contributed by atoms with van der Waals surface area (Å²) in [5, 5.41) is 5.86. The summed E-state index contributed by atoms with van der Waals surface area (Å²) >= 11 is 1.16. The van der Waals surface area contributed by atoms with E-state index in [1.54, 1.807) is 24.4 Å². The molecule has 122 valence electrons. The number of nitrogens with zero attached hydrogens (tertiary/aromatic N) is 3. The van der Waals surface area contributed by atoms with Gasteiger partial charge in [-0.1, -0.05) is 5.16 Å². The molecule has 0 saturated carbocycles. The van der Waals surface area contributed by atoms with Crippen LogP contribution in [0.2, 0.25) is 0 Å². The highest BCUT2D eigenvalue weighted by atomic mass is 32.1. The molecule has 24 heavy (non-hydrogen) atoms. The lowest BCUT2D eigenvalue weighted by Gasteiger charge is -1.97. The monoisotopic (exact) mass is 345 g/mol. The van der Waals surface area contributed by atoms with Gasteiger partial charge in [0.1, 0.15) is 5.69 Å². The third-order valence-electron chi connectivity index (χ3n) is 3.23. The Morgan fingerprint density at radius 3 is 3.04 bits per heavy atom. The van der Waals surface area contributed by atoms with Crippen molar-refractivity contribution in [3.63, 3.8) is 0 Å². The predicted octanol–water partition coefficient (Wildman–Crippen LogP) is 2.77. The first-order valence-corrected chi connectivity index (χ1v) is 7.99. The molecule has 4 rings (SSSR count). The number of benzene rings is 1. The minimum atomic E-state index is -0.468. The highest BCUT2D eigenvalue weighted by Gasteiger charge is 2.19. The quantitative estimate of drug-likeness (QED) is 0.666. The SMILES string of the molecule is CCOC(=O)c1nc(-c2nc(-c3ccc4c(c3)OCO4)no2)cs1. The van der Waals surface area contributed by atoms with Crippen molar-refractivity contribution in [2.24, 2.45) is 0 Å². The molecule has 0 bridgehead atoms. The fraction of sp³-hybridized carbons (Fsp3) is 0.200. The van der Waals surface area contributed by atoms with Crippen LogP contribution < -0.4 is 9.47 Å². The van der Waals surface area contributed by atoms with Crippen LogP contribution in [0.3, 0.4) is 0 Å². The van der Waals surface area contributed by atoms with Gasteiger partial charge >= 0.3 is 5.97 Å². The van der Waals surface area contributed by atoms with Crippen LogP contribution in [0.25, 0.3) is 23.0 Å². The van der Waals surface area contributed by atoms with Gasteiger partial charge in [0.25, 0.3) is 5.89 Å². The zero-order valence-corrected chi connectivity index (χ0v) is 13.3. The molecule has 0 unspecified atom stereocenters. The molecule has 0 amide bonds. The van der Waals surface area contributed by atoms with Crippen LogP contribution in [0.4, 0.5) is 0 Å². The summed E-state index contributed by atoms with van der Waals surface area (Å²) in [6, 6.07) is 5.38. The van der Waals surface area contributed by atoms with E-state index in [4.69, 9.17) is 18.7 Å². The van der Waals surface area contributed by atoms with Gasteiger partial charge in [0.2, 0.25) is 17.6 Å². The number of ether oxygens (including phenoxy) is 3. The first kappa shape index (κ1) is 14.6. The van der Waals surface area contributed by atoms with Crippen molar-refractivity contribution < 1.29 is 23.5 Å². The summed E-state index contributed by atoms with van der Waals surface area (Å²) in [5.74, 6) is 1.48.